The van der Waals surface area contributed by atoms with E-state index in [1.165, 1.54) is 10.9 Å². The molecule has 0 unspecified atom stereocenters. The lowest BCUT2D eigenvalue weighted by Gasteiger charge is -2.12. The van der Waals surface area contributed by atoms with E-state index >= 15 is 0 Å². The first-order valence-corrected chi connectivity index (χ1v) is 8.36. The molecule has 7 nitrogen and oxygen atoms in total. The highest BCUT2D eigenvalue weighted by atomic mass is 79.9. The maximum Gasteiger partial charge on any atom is 0.283 e. The number of nitrogens with zero attached hydrogens (tertiary/aromatic N) is 2. The average molecular weight is 353 g/mol. The van der Waals surface area contributed by atoms with Crippen molar-refractivity contribution in [2.24, 2.45) is 0 Å². The number of nitrogens with one attached hydrogen (secondary N) is 2. The van der Waals surface area contributed by atoms with Gasteiger partial charge in [0.25, 0.3) is 5.56 Å². The molecule has 0 aliphatic heterocycles. The Morgan fingerprint density at radius 1 is 1.42 bits per heavy atom. The Balaban J connectivity index is 2.71. The summed E-state index contributed by atoms with van der Waals surface area (Å²) in [6.07, 6.45) is 2.63. The summed E-state index contributed by atoms with van der Waals surface area (Å²) in [5.74, 6) is 0. The Morgan fingerprint density at radius 2 is 2.05 bits per heavy atom. The first-order chi connectivity index (χ1) is 8.72. The zero-order valence-corrected chi connectivity index (χ0v) is 13.4. The van der Waals surface area contributed by atoms with Crippen LogP contribution in [-0.2, 0) is 10.0 Å². The third-order valence-electron chi connectivity index (χ3n) is 2.24. The molecular formula is C10H17BrN4O3S. The molecule has 0 aromatic carbocycles. The van der Waals surface area contributed by atoms with Crippen LogP contribution in [0.3, 0.4) is 0 Å². The lowest BCUT2D eigenvalue weighted by Crippen LogP contribution is -2.29. The summed E-state index contributed by atoms with van der Waals surface area (Å²) in [5, 5.41) is 6.98. The number of hydrogen-bond donors (Lipinski definition) is 2. The summed E-state index contributed by atoms with van der Waals surface area (Å²) in [6, 6.07) is -0.0234. The van der Waals surface area contributed by atoms with Gasteiger partial charge in [-0.15, -0.1) is 0 Å². The van der Waals surface area contributed by atoms with Crippen LogP contribution in [-0.4, -0.2) is 37.5 Å². The molecule has 1 aromatic rings. The second kappa shape index (κ2) is 6.49. The van der Waals surface area contributed by atoms with Crippen molar-refractivity contribution in [2.45, 2.75) is 19.9 Å². The molecule has 0 fully saturated rings. The van der Waals surface area contributed by atoms with Gasteiger partial charge in [0.2, 0.25) is 10.0 Å². The highest BCUT2D eigenvalue weighted by molar-refractivity contribution is 9.10. The van der Waals surface area contributed by atoms with Crippen molar-refractivity contribution in [1.29, 1.82) is 0 Å². The van der Waals surface area contributed by atoms with E-state index in [1.54, 1.807) is 0 Å². The van der Waals surface area contributed by atoms with Gasteiger partial charge in [-0.1, -0.05) is 0 Å². The first kappa shape index (κ1) is 16.1. The molecule has 0 saturated carbocycles. The van der Waals surface area contributed by atoms with Crippen molar-refractivity contribution >= 4 is 31.6 Å². The number of aromatic nitrogens is 2. The third kappa shape index (κ3) is 4.92. The molecule has 1 aromatic heterocycles. The maximum atomic E-state index is 11.9. The first-order valence-electron chi connectivity index (χ1n) is 5.68. The summed E-state index contributed by atoms with van der Waals surface area (Å²) in [4.78, 5) is 11.9. The van der Waals surface area contributed by atoms with Crippen LogP contribution < -0.4 is 15.6 Å². The molecule has 0 radical (unpaired) electrons. The number of hydrogen-bond acceptors (Lipinski definition) is 5. The van der Waals surface area contributed by atoms with Gasteiger partial charge in [-0.05, 0) is 29.8 Å². The minimum absolute atomic E-state index is 0.0234. The topological polar surface area (TPSA) is 93.1 Å². The summed E-state index contributed by atoms with van der Waals surface area (Å²) >= 11 is 3.22. The Hall–Kier alpha value is -0.930. The molecule has 0 aliphatic rings. The summed E-state index contributed by atoms with van der Waals surface area (Å²) in [7, 11) is -3.20. The van der Waals surface area contributed by atoms with Crippen LogP contribution in [0.25, 0.3) is 0 Å². The van der Waals surface area contributed by atoms with Gasteiger partial charge in [0.1, 0.15) is 4.47 Å². The van der Waals surface area contributed by atoms with E-state index in [-0.39, 0.29) is 18.1 Å². The molecule has 0 saturated heterocycles. The summed E-state index contributed by atoms with van der Waals surface area (Å²) < 4.78 is 25.8. The predicted molar refractivity (Wildman–Crippen MR) is 77.9 cm³/mol. The molecule has 19 heavy (non-hydrogen) atoms. The van der Waals surface area contributed by atoms with Crippen LogP contribution >= 0.6 is 15.9 Å². The van der Waals surface area contributed by atoms with Crippen molar-refractivity contribution < 1.29 is 8.42 Å². The zero-order chi connectivity index (χ0) is 14.6. The molecule has 108 valence electrons. The number of halogens is 1. The van der Waals surface area contributed by atoms with E-state index in [4.69, 9.17) is 0 Å². The van der Waals surface area contributed by atoms with Gasteiger partial charge in [-0.3, -0.25) is 4.79 Å². The molecule has 0 atom stereocenters. The lowest BCUT2D eigenvalue weighted by molar-refractivity contribution is 0.501. The van der Waals surface area contributed by atoms with Crippen LogP contribution in [0, 0.1) is 0 Å². The average Bonchev–Trinajstić information content (AvgIpc) is 2.28. The Bertz CT molecular complexity index is 597. The van der Waals surface area contributed by atoms with Crippen LogP contribution in [0.5, 0.6) is 0 Å². The fourth-order valence-electron chi connectivity index (χ4n) is 1.37. The molecule has 0 amide bonds. The monoisotopic (exact) mass is 352 g/mol. The van der Waals surface area contributed by atoms with Crippen LogP contribution in [0.2, 0.25) is 0 Å². The second-order valence-electron chi connectivity index (χ2n) is 4.31. The molecule has 0 aliphatic carbocycles. The van der Waals surface area contributed by atoms with E-state index < -0.39 is 10.0 Å². The molecule has 2 N–H and O–H groups in total. The predicted octanol–water partition coefficient (Wildman–Crippen LogP) is 0.548. The normalized spacial score (nSPS) is 11.8. The number of rotatable bonds is 6. The molecular weight excluding hydrogens is 336 g/mol. The van der Waals surface area contributed by atoms with Gasteiger partial charge >= 0.3 is 0 Å². The minimum Gasteiger partial charge on any atom is -0.381 e. The van der Waals surface area contributed by atoms with Gasteiger partial charge < -0.3 is 5.32 Å². The smallest absolute Gasteiger partial charge is 0.283 e. The molecule has 1 rings (SSSR count). The van der Waals surface area contributed by atoms with Crippen molar-refractivity contribution in [2.75, 3.05) is 24.7 Å². The summed E-state index contributed by atoms with van der Waals surface area (Å²) in [6.45, 7) is 4.32. The Morgan fingerprint density at radius 3 is 2.58 bits per heavy atom. The molecule has 0 spiro atoms. The van der Waals surface area contributed by atoms with E-state index in [0.717, 1.165) is 6.26 Å². The van der Waals surface area contributed by atoms with E-state index in [2.05, 4.69) is 31.1 Å². The van der Waals surface area contributed by atoms with Gasteiger partial charge in [0.05, 0.1) is 24.2 Å². The van der Waals surface area contributed by atoms with Crippen molar-refractivity contribution in [1.82, 2.24) is 14.5 Å². The van der Waals surface area contributed by atoms with Gasteiger partial charge in [0, 0.05) is 13.1 Å². The minimum atomic E-state index is -3.20. The van der Waals surface area contributed by atoms with E-state index in [0.29, 0.717) is 16.7 Å². The SMILES string of the molecule is CC(C)n1ncc(NCCNS(C)(=O)=O)c(Br)c1=O. The van der Waals surface area contributed by atoms with E-state index in [1.807, 2.05) is 13.8 Å². The van der Waals surface area contributed by atoms with Gasteiger partial charge in [-0.25, -0.2) is 17.8 Å². The fourth-order valence-corrected chi connectivity index (χ4v) is 2.27. The number of sulfonamides is 1. The largest absolute Gasteiger partial charge is 0.381 e. The van der Waals surface area contributed by atoms with Crippen LogP contribution in [0.1, 0.15) is 19.9 Å². The summed E-state index contributed by atoms with van der Waals surface area (Å²) in [5.41, 5.74) is 0.313. The van der Waals surface area contributed by atoms with Crippen molar-refractivity contribution in [3.8, 4) is 0 Å². The molecule has 0 bridgehead atoms. The van der Waals surface area contributed by atoms with E-state index in [9.17, 15) is 13.2 Å². The van der Waals surface area contributed by atoms with Gasteiger partial charge in [-0.2, -0.15) is 5.10 Å². The molecule has 9 heteroatoms. The highest BCUT2D eigenvalue weighted by Gasteiger charge is 2.10. The van der Waals surface area contributed by atoms with Crippen molar-refractivity contribution in [3.05, 3.63) is 21.0 Å². The maximum absolute atomic E-state index is 11.9. The zero-order valence-electron chi connectivity index (χ0n) is 11.0. The van der Waals surface area contributed by atoms with Crippen LogP contribution in [0.4, 0.5) is 5.69 Å². The van der Waals surface area contributed by atoms with Crippen molar-refractivity contribution in [3.63, 3.8) is 0 Å². The lowest BCUT2D eigenvalue weighted by atomic mass is 10.4. The van der Waals surface area contributed by atoms with Gasteiger partial charge in [0.15, 0.2) is 0 Å². The standard InChI is InChI=1S/C10H17BrN4O3S/c1-7(2)15-10(16)9(11)8(6-13-15)12-4-5-14-19(3,17)18/h6-7,12,14H,4-5H2,1-3H3. The second-order valence-corrected chi connectivity index (χ2v) is 6.93. The third-order valence-corrected chi connectivity index (χ3v) is 3.73. The number of anilines is 1. The highest BCUT2D eigenvalue weighted by Crippen LogP contribution is 2.16. The Labute approximate surface area is 120 Å². The Kier molecular flexibility index (Phi) is 5.50. The quantitative estimate of drug-likeness (QED) is 0.729. The fraction of sp³-hybridized carbons (Fsp3) is 0.600. The molecule has 1 heterocycles. The van der Waals surface area contributed by atoms with Crippen LogP contribution in [0.15, 0.2) is 15.5 Å².